The number of para-hydroxylation sites is 1. The van der Waals surface area contributed by atoms with Crippen molar-refractivity contribution in [2.75, 3.05) is 4.90 Å². The molecule has 1 aromatic heterocycles. The number of hydrogen-bond donors (Lipinski definition) is 0. The lowest BCUT2D eigenvalue weighted by atomic mass is 9.93. The smallest absolute Gasteiger partial charge is 0.143 e. The van der Waals surface area contributed by atoms with Crippen LogP contribution < -0.4 is 4.90 Å². The summed E-state index contributed by atoms with van der Waals surface area (Å²) in [5, 5.41) is 6.16. The first kappa shape index (κ1) is 42.6. The van der Waals surface area contributed by atoms with Gasteiger partial charge in [-0.25, -0.2) is 0 Å². The monoisotopic (exact) mass is 917 g/mol. The Morgan fingerprint density at radius 3 is 1.21 bits per heavy atom. The Kier molecular flexibility index (Phi) is 10.9. The van der Waals surface area contributed by atoms with Crippen molar-refractivity contribution in [2.45, 2.75) is 0 Å². The molecule has 0 bridgehead atoms. The molecule has 0 amide bonds. The predicted octanol–water partition coefficient (Wildman–Crippen LogP) is 19.9. The van der Waals surface area contributed by atoms with E-state index in [1.807, 2.05) is 12.1 Å². The van der Waals surface area contributed by atoms with E-state index in [0.29, 0.717) is 0 Å². The van der Waals surface area contributed by atoms with E-state index in [-0.39, 0.29) is 0 Å². The Labute approximate surface area is 420 Å². The van der Waals surface area contributed by atoms with Gasteiger partial charge in [0.2, 0.25) is 0 Å². The summed E-state index contributed by atoms with van der Waals surface area (Å²) in [6.45, 7) is 0. The van der Waals surface area contributed by atoms with Gasteiger partial charge in [0.1, 0.15) is 11.3 Å². The first-order valence-electron chi connectivity index (χ1n) is 24.6. The highest BCUT2D eigenvalue weighted by molar-refractivity contribution is 6.14. The largest absolute Gasteiger partial charge is 0.455 e. The summed E-state index contributed by atoms with van der Waals surface area (Å²) >= 11 is 0. The fourth-order valence-corrected chi connectivity index (χ4v) is 10.5. The van der Waals surface area contributed by atoms with Crippen molar-refractivity contribution >= 4 is 49.6 Å². The van der Waals surface area contributed by atoms with E-state index < -0.39 is 0 Å². The number of nitrogens with zero attached hydrogens (tertiary/aromatic N) is 1. The van der Waals surface area contributed by atoms with Crippen LogP contribution in [0, 0.1) is 0 Å². The van der Waals surface area contributed by atoms with Crippen molar-refractivity contribution in [3.63, 3.8) is 0 Å². The Hall–Kier alpha value is -9.50. The van der Waals surface area contributed by atoms with Crippen molar-refractivity contribution in [2.24, 2.45) is 0 Å². The fraction of sp³-hybridized carbons (Fsp3) is 0. The maximum atomic E-state index is 6.58. The van der Waals surface area contributed by atoms with Gasteiger partial charge in [0.25, 0.3) is 0 Å². The topological polar surface area (TPSA) is 16.4 Å². The van der Waals surface area contributed by atoms with E-state index in [1.54, 1.807) is 0 Å². The zero-order valence-corrected chi connectivity index (χ0v) is 39.5. The van der Waals surface area contributed by atoms with Gasteiger partial charge in [-0.15, -0.1) is 0 Å². The molecule has 338 valence electrons. The molecule has 72 heavy (non-hydrogen) atoms. The summed E-state index contributed by atoms with van der Waals surface area (Å²) in [5.41, 5.74) is 19.2. The number of hydrogen-bond acceptors (Lipinski definition) is 2. The molecule has 0 saturated carbocycles. The first-order valence-corrected chi connectivity index (χ1v) is 24.6. The van der Waals surface area contributed by atoms with Gasteiger partial charge in [0.05, 0.1) is 0 Å². The summed E-state index contributed by atoms with van der Waals surface area (Å²) < 4.78 is 6.58. The highest BCUT2D eigenvalue weighted by Gasteiger charge is 2.19. The molecule has 2 nitrogen and oxygen atoms in total. The summed E-state index contributed by atoms with van der Waals surface area (Å²) in [5.74, 6) is 0.883. The number of anilines is 3. The van der Waals surface area contributed by atoms with Gasteiger partial charge >= 0.3 is 0 Å². The molecule has 1 heterocycles. The maximum absolute atomic E-state index is 6.58. The van der Waals surface area contributed by atoms with Crippen LogP contribution in [-0.4, -0.2) is 0 Å². The lowest BCUT2D eigenvalue weighted by molar-refractivity contribution is 0.632. The molecule has 0 aliphatic heterocycles. The van der Waals surface area contributed by atoms with Gasteiger partial charge in [-0.05, 0) is 143 Å². The third-order valence-electron chi connectivity index (χ3n) is 14.1. The van der Waals surface area contributed by atoms with Crippen LogP contribution in [0.2, 0.25) is 0 Å². The predicted molar refractivity (Wildman–Crippen MR) is 304 cm³/mol. The minimum atomic E-state index is 0.883. The summed E-state index contributed by atoms with van der Waals surface area (Å²) in [6.07, 6.45) is 0. The van der Waals surface area contributed by atoms with Crippen LogP contribution in [0.5, 0.6) is 0 Å². The van der Waals surface area contributed by atoms with Crippen molar-refractivity contribution in [3.05, 3.63) is 285 Å². The zero-order chi connectivity index (χ0) is 47.8. The fourth-order valence-electron chi connectivity index (χ4n) is 10.5. The number of rotatable bonds is 10. The van der Waals surface area contributed by atoms with Crippen LogP contribution in [0.1, 0.15) is 0 Å². The molecule has 0 spiro atoms. The highest BCUT2D eigenvalue weighted by Crippen LogP contribution is 2.43. The highest BCUT2D eigenvalue weighted by atomic mass is 16.3. The van der Waals surface area contributed by atoms with E-state index in [9.17, 15) is 0 Å². The Morgan fingerprint density at radius 2 is 0.625 bits per heavy atom. The van der Waals surface area contributed by atoms with Gasteiger partial charge in [0, 0.05) is 33.6 Å². The molecule has 0 radical (unpaired) electrons. The van der Waals surface area contributed by atoms with Crippen LogP contribution in [0.25, 0.3) is 111 Å². The van der Waals surface area contributed by atoms with Gasteiger partial charge in [0.15, 0.2) is 0 Å². The second kappa shape index (κ2) is 18.4. The van der Waals surface area contributed by atoms with Crippen LogP contribution in [-0.2, 0) is 0 Å². The molecule has 0 atom stereocenters. The minimum absolute atomic E-state index is 0.883. The Balaban J connectivity index is 0.826. The summed E-state index contributed by atoms with van der Waals surface area (Å²) in [7, 11) is 0. The minimum Gasteiger partial charge on any atom is -0.455 e. The first-order chi connectivity index (χ1) is 35.7. The lowest BCUT2D eigenvalue weighted by Gasteiger charge is -2.26. The molecular formula is C70H47NO. The van der Waals surface area contributed by atoms with Gasteiger partial charge in [-0.3, -0.25) is 0 Å². The van der Waals surface area contributed by atoms with Crippen molar-refractivity contribution in [3.8, 4) is 78.1 Å². The molecule has 0 fully saturated rings. The third kappa shape index (κ3) is 8.01. The molecule has 0 saturated heterocycles. The van der Waals surface area contributed by atoms with Crippen LogP contribution in [0.4, 0.5) is 17.1 Å². The molecule has 13 rings (SSSR count). The SMILES string of the molecule is c1ccc(-c2cccc(-c3ccc(N(c4ccc(-c5ccc(-c6cccc(-c7oc8ccccc8c7-c7ccccc7)c6)cc5)cc4)c4ccc(-c5cc6ccccc6c6ccccc56)cc4)cc3)c2)cc1. The molecule has 2 heteroatoms. The van der Waals surface area contributed by atoms with Crippen LogP contribution in [0.15, 0.2) is 290 Å². The average Bonchev–Trinajstić information content (AvgIpc) is 3.86. The summed E-state index contributed by atoms with van der Waals surface area (Å²) in [6, 6.07) is 103. The number of benzene rings is 12. The Morgan fingerprint density at radius 1 is 0.236 bits per heavy atom. The normalized spacial score (nSPS) is 11.3. The van der Waals surface area contributed by atoms with Crippen molar-refractivity contribution in [1.29, 1.82) is 0 Å². The van der Waals surface area contributed by atoms with Gasteiger partial charge < -0.3 is 9.32 Å². The second-order valence-corrected chi connectivity index (χ2v) is 18.4. The van der Waals surface area contributed by atoms with Gasteiger partial charge in [-0.2, -0.15) is 0 Å². The van der Waals surface area contributed by atoms with Crippen LogP contribution >= 0.6 is 0 Å². The average molecular weight is 918 g/mol. The molecule has 12 aromatic carbocycles. The van der Waals surface area contributed by atoms with E-state index in [4.69, 9.17) is 4.42 Å². The van der Waals surface area contributed by atoms with Crippen LogP contribution in [0.3, 0.4) is 0 Å². The summed E-state index contributed by atoms with van der Waals surface area (Å²) in [4.78, 5) is 2.36. The van der Waals surface area contributed by atoms with E-state index >= 15 is 0 Å². The molecule has 0 N–H and O–H groups in total. The Bertz CT molecular complexity index is 4040. The molecule has 13 aromatic rings. The third-order valence-corrected chi connectivity index (χ3v) is 14.1. The van der Waals surface area contributed by atoms with Gasteiger partial charge in [-0.1, -0.05) is 224 Å². The molecule has 0 unspecified atom stereocenters. The standard InChI is InChI=1S/C70H47NO/c1-3-15-48(16-4-1)55-20-13-21-56(45-55)52-35-41-61(42-36-52)71(62-43-37-53(38-44-62)67-47-58-19-7-8-24-63(58)64-25-9-10-26-65(64)67)60-39-33-50(34-40-60)49-29-31-51(32-30-49)57-22-14-23-59(46-57)70-69(54-17-5-2-6-18-54)66-27-11-12-28-68(66)72-70/h1-47H. The second-order valence-electron chi connectivity index (χ2n) is 18.4. The number of fused-ring (bicyclic) bond motifs is 4. The maximum Gasteiger partial charge on any atom is 0.143 e. The molecular weight excluding hydrogens is 871 g/mol. The quantitative estimate of drug-likeness (QED) is 0.127. The molecule has 0 aliphatic carbocycles. The van der Waals surface area contributed by atoms with E-state index in [2.05, 4.69) is 278 Å². The molecule has 0 aliphatic rings. The van der Waals surface area contributed by atoms with Crippen molar-refractivity contribution < 1.29 is 4.42 Å². The van der Waals surface area contributed by atoms with E-state index in [0.717, 1.165) is 72.7 Å². The van der Waals surface area contributed by atoms with E-state index in [1.165, 1.54) is 54.9 Å². The lowest BCUT2D eigenvalue weighted by Crippen LogP contribution is -2.09. The number of furan rings is 1. The van der Waals surface area contributed by atoms with Crippen molar-refractivity contribution in [1.82, 2.24) is 0 Å². The zero-order valence-electron chi connectivity index (χ0n) is 39.5.